The summed E-state index contributed by atoms with van der Waals surface area (Å²) >= 11 is 0.122. The summed E-state index contributed by atoms with van der Waals surface area (Å²) in [7, 11) is 0. The van der Waals surface area contributed by atoms with Crippen LogP contribution >= 0.6 is 0 Å². The van der Waals surface area contributed by atoms with E-state index < -0.39 is 15.1 Å². The van der Waals surface area contributed by atoms with E-state index in [0.717, 1.165) is 12.2 Å². The van der Waals surface area contributed by atoms with Gasteiger partial charge >= 0.3 is 71.2 Å². The first-order chi connectivity index (χ1) is 4.49. The molecular weight excluding hydrogens is 308 g/mol. The van der Waals surface area contributed by atoms with Crippen LogP contribution in [0.3, 0.4) is 0 Å². The first-order valence-corrected chi connectivity index (χ1v) is 4.48. The summed E-state index contributed by atoms with van der Waals surface area (Å²) in [5, 5.41) is 0. The monoisotopic (exact) mass is 313 g/mol. The summed E-state index contributed by atoms with van der Waals surface area (Å²) in [6, 6.07) is 0. The van der Waals surface area contributed by atoms with Gasteiger partial charge in [0.05, 0.1) is 0 Å². The Morgan fingerprint density at radius 3 is 2.50 bits per heavy atom. The van der Waals surface area contributed by atoms with Gasteiger partial charge in [0.1, 0.15) is 0 Å². The summed E-state index contributed by atoms with van der Waals surface area (Å²) in [6.07, 6.45) is 1.25. The zero-order chi connectivity index (χ0) is 7.78. The van der Waals surface area contributed by atoms with E-state index in [1.165, 1.54) is 0 Å². The maximum atomic E-state index is 12.8. The minimum atomic E-state index is -1.72. The van der Waals surface area contributed by atoms with E-state index in [1.54, 1.807) is 0 Å². The molecule has 1 aliphatic rings. The molecule has 1 rings (SSSR count). The second-order valence-electron chi connectivity index (χ2n) is 2.16. The van der Waals surface area contributed by atoms with Crippen LogP contribution in [0.1, 0.15) is 6.42 Å². The molecule has 0 bridgehead atoms. The minimum absolute atomic E-state index is 0.122. The van der Waals surface area contributed by atoms with Crippen molar-refractivity contribution in [3.63, 3.8) is 0 Å². The van der Waals surface area contributed by atoms with Gasteiger partial charge in [-0.2, -0.15) is 0 Å². The van der Waals surface area contributed by atoms with Crippen molar-refractivity contribution >= 4 is 0 Å². The number of halogens is 3. The van der Waals surface area contributed by atoms with Crippen molar-refractivity contribution in [1.82, 2.24) is 0 Å². The van der Waals surface area contributed by atoms with Crippen LogP contribution < -0.4 is 0 Å². The van der Waals surface area contributed by atoms with Gasteiger partial charge in [-0.15, -0.1) is 0 Å². The van der Waals surface area contributed by atoms with Gasteiger partial charge in [-0.05, 0) is 0 Å². The third kappa shape index (κ3) is 2.08. The Bertz CT molecular complexity index is 205. The number of rotatable bonds is 0. The van der Waals surface area contributed by atoms with E-state index in [4.69, 9.17) is 0 Å². The Balaban J connectivity index is 2.88. The van der Waals surface area contributed by atoms with Crippen molar-refractivity contribution < 1.29 is 37.5 Å². The quantitative estimate of drug-likeness (QED) is 0.602. The molecule has 0 saturated carbocycles. The van der Waals surface area contributed by atoms with Crippen LogP contribution in [0.15, 0.2) is 23.8 Å². The fraction of sp³-hybridized carbons (Fsp3) is 0.333. The van der Waals surface area contributed by atoms with Crippen molar-refractivity contribution in [2.75, 3.05) is 0 Å². The molecule has 4 heteroatoms. The second kappa shape index (κ2) is 2.64. The van der Waals surface area contributed by atoms with Gasteiger partial charge in [0.2, 0.25) is 0 Å². The SMILES string of the molecule is FC1=C[C](F)([Hf])CC(F)=C1. The molecule has 0 aromatic heterocycles. The normalized spacial score (nSPS) is 33.0. The Morgan fingerprint density at radius 1 is 1.50 bits per heavy atom. The Morgan fingerprint density at radius 2 is 2.10 bits per heavy atom. The van der Waals surface area contributed by atoms with E-state index >= 15 is 0 Å². The molecule has 0 spiro atoms. The van der Waals surface area contributed by atoms with Gasteiger partial charge in [-0.3, -0.25) is 0 Å². The molecule has 0 radical (unpaired) electrons. The van der Waals surface area contributed by atoms with Crippen molar-refractivity contribution in [3.8, 4) is 0 Å². The number of allylic oxidation sites excluding steroid dienone is 4. The van der Waals surface area contributed by atoms with E-state index in [9.17, 15) is 13.2 Å². The Labute approximate surface area is 71.4 Å². The summed E-state index contributed by atoms with van der Waals surface area (Å²) < 4.78 is 35.7. The van der Waals surface area contributed by atoms with Crippen LogP contribution in [0, 0.1) is 0 Å². The molecule has 0 fully saturated rings. The van der Waals surface area contributed by atoms with Crippen molar-refractivity contribution in [2.45, 2.75) is 9.85 Å². The fourth-order valence-corrected chi connectivity index (χ4v) is 1.86. The predicted octanol–water partition coefficient (Wildman–Crippen LogP) is 2.31. The zero-order valence-corrected chi connectivity index (χ0v) is 8.59. The third-order valence-corrected chi connectivity index (χ3v) is 2.24. The van der Waals surface area contributed by atoms with Gasteiger partial charge in [0, 0.05) is 0 Å². The summed E-state index contributed by atoms with van der Waals surface area (Å²) in [5.74, 6) is -1.52. The molecule has 1 unspecified atom stereocenters. The fourth-order valence-electron chi connectivity index (χ4n) is 0.758. The molecule has 1 aliphatic carbocycles. The molecule has 0 aromatic carbocycles. The summed E-state index contributed by atoms with van der Waals surface area (Å²) in [4.78, 5) is 0. The predicted molar refractivity (Wildman–Crippen MR) is 26.8 cm³/mol. The summed E-state index contributed by atoms with van der Waals surface area (Å²) in [5.41, 5.74) is 0. The maximum absolute atomic E-state index is 12.8. The van der Waals surface area contributed by atoms with Gasteiger partial charge in [-0.25, -0.2) is 0 Å². The standard InChI is InChI=1S/C6H4F3.Hf/c7-4-1-5(8)3-6(9)2-4;/h1-2H,3H2;. The average Bonchev–Trinajstić information content (AvgIpc) is 1.54. The van der Waals surface area contributed by atoms with E-state index in [0.29, 0.717) is 0 Å². The first-order valence-electron chi connectivity index (χ1n) is 2.68. The van der Waals surface area contributed by atoms with Crippen LogP contribution in [0.25, 0.3) is 0 Å². The van der Waals surface area contributed by atoms with Crippen LogP contribution in [-0.2, 0) is 24.4 Å². The molecule has 0 N–H and O–H groups in total. The molecule has 0 saturated heterocycles. The molecule has 0 amide bonds. The van der Waals surface area contributed by atoms with E-state index in [-0.39, 0.29) is 30.8 Å². The third-order valence-electron chi connectivity index (χ3n) is 1.09. The molecule has 0 aliphatic heterocycles. The topological polar surface area (TPSA) is 0 Å². The first kappa shape index (κ1) is 8.24. The molecule has 10 heavy (non-hydrogen) atoms. The number of alkyl halides is 1. The molecule has 0 aromatic rings. The molecule has 1 atom stereocenters. The van der Waals surface area contributed by atoms with Crippen LogP contribution in [-0.4, -0.2) is 3.43 Å². The molecule has 53 valence electrons. The number of hydrogen-bond acceptors (Lipinski definition) is 0. The van der Waals surface area contributed by atoms with Gasteiger partial charge in [0.15, 0.2) is 0 Å². The van der Waals surface area contributed by atoms with Gasteiger partial charge in [0.25, 0.3) is 0 Å². The van der Waals surface area contributed by atoms with Gasteiger partial charge < -0.3 is 0 Å². The average molecular weight is 312 g/mol. The van der Waals surface area contributed by atoms with Crippen LogP contribution in [0.2, 0.25) is 0 Å². The van der Waals surface area contributed by atoms with Crippen LogP contribution in [0.4, 0.5) is 13.2 Å². The van der Waals surface area contributed by atoms with E-state index in [1.807, 2.05) is 0 Å². The zero-order valence-electron chi connectivity index (χ0n) is 5.00. The number of hydrogen-bond donors (Lipinski definition) is 0. The van der Waals surface area contributed by atoms with Crippen molar-refractivity contribution in [3.05, 3.63) is 23.8 Å². The van der Waals surface area contributed by atoms with Crippen molar-refractivity contribution in [1.29, 1.82) is 0 Å². The van der Waals surface area contributed by atoms with Crippen molar-refractivity contribution in [2.24, 2.45) is 0 Å². The van der Waals surface area contributed by atoms with Gasteiger partial charge in [-0.1, -0.05) is 0 Å². The summed E-state index contributed by atoms with van der Waals surface area (Å²) in [6.45, 7) is 0. The molecular formula is C6H4F3Hf. The Hall–Kier alpha value is 0.140. The van der Waals surface area contributed by atoms with Crippen LogP contribution in [0.5, 0.6) is 0 Å². The molecule has 0 heterocycles. The molecule has 0 nitrogen and oxygen atoms in total. The Kier molecular flexibility index (Phi) is 2.18. The van der Waals surface area contributed by atoms with E-state index in [2.05, 4.69) is 0 Å². The second-order valence-corrected chi connectivity index (χ2v) is 5.15.